The van der Waals surface area contributed by atoms with Crippen molar-refractivity contribution in [2.45, 2.75) is 43.6 Å². The number of aryl methyl sites for hydroxylation is 2. The number of benzene rings is 1. The number of nitrogens with zero attached hydrogens (tertiary/aromatic N) is 2. The third-order valence-electron chi connectivity index (χ3n) is 3.29. The zero-order valence-electron chi connectivity index (χ0n) is 12.7. The van der Waals surface area contributed by atoms with E-state index in [1.807, 2.05) is 19.1 Å². The monoisotopic (exact) mass is 323 g/mol. The van der Waals surface area contributed by atoms with Gasteiger partial charge < -0.3 is 10.2 Å². The van der Waals surface area contributed by atoms with Gasteiger partial charge >= 0.3 is 5.22 Å². The number of hydrogen-bond acceptors (Lipinski definition) is 6. The molecule has 2 rings (SSSR count). The molecule has 22 heavy (non-hydrogen) atoms. The first-order valence-electron chi connectivity index (χ1n) is 7.32. The lowest BCUT2D eigenvalue weighted by Crippen LogP contribution is -2.05. The Morgan fingerprint density at radius 2 is 1.82 bits per heavy atom. The van der Waals surface area contributed by atoms with Crippen molar-refractivity contribution in [1.29, 1.82) is 0 Å². The lowest BCUT2D eigenvalue weighted by molar-refractivity contribution is 0.391. The Hall–Kier alpha value is -1.73. The van der Waals surface area contributed by atoms with Gasteiger partial charge in [0.25, 0.3) is 0 Å². The summed E-state index contributed by atoms with van der Waals surface area (Å²) in [5, 5.41) is 7.18. The van der Waals surface area contributed by atoms with Gasteiger partial charge in [-0.2, -0.15) is 0 Å². The van der Waals surface area contributed by atoms with Crippen LogP contribution in [-0.4, -0.2) is 25.2 Å². The van der Waals surface area contributed by atoms with Crippen LogP contribution in [0.5, 0.6) is 0 Å². The average Bonchev–Trinajstić information content (AvgIpc) is 2.96. The van der Waals surface area contributed by atoms with Gasteiger partial charge in [0.15, 0.2) is 0 Å². The fourth-order valence-electron chi connectivity index (χ4n) is 2.03. The quantitative estimate of drug-likeness (QED) is 0.746. The van der Waals surface area contributed by atoms with Crippen LogP contribution < -0.4 is 5.73 Å². The highest BCUT2D eigenvalue weighted by molar-refractivity contribution is 7.90. The number of rotatable bonds is 8. The molecule has 1 aromatic heterocycles. The Morgan fingerprint density at radius 1 is 1.09 bits per heavy atom. The zero-order valence-corrected chi connectivity index (χ0v) is 13.5. The highest BCUT2D eigenvalue weighted by atomic mass is 32.2. The molecule has 2 aromatic rings. The summed E-state index contributed by atoms with van der Waals surface area (Å²) in [6, 6.07) is 7.33. The molecular formula is C15H21N3O3S. The smallest absolute Gasteiger partial charge is 0.335 e. The standard InChI is InChI=1S/C15H21N3O3S/c1-12-6-8-13(9-7-12)11-22(19,20)15-18-17-14(21-15)5-3-2-4-10-16/h6-9H,2-5,10-11,16H2,1H3. The van der Waals surface area contributed by atoms with Crippen molar-refractivity contribution in [2.75, 3.05) is 6.54 Å². The number of sulfone groups is 1. The van der Waals surface area contributed by atoms with Crippen LogP contribution in [0.1, 0.15) is 36.3 Å². The fraction of sp³-hybridized carbons (Fsp3) is 0.467. The minimum Gasteiger partial charge on any atom is -0.413 e. The SMILES string of the molecule is Cc1ccc(CS(=O)(=O)c2nnc(CCCCCN)o2)cc1. The second kappa shape index (κ2) is 7.51. The summed E-state index contributed by atoms with van der Waals surface area (Å²) in [5.74, 6) is 0.224. The van der Waals surface area contributed by atoms with E-state index in [0.29, 0.717) is 24.4 Å². The first-order valence-corrected chi connectivity index (χ1v) is 8.97. The molecule has 1 heterocycles. The first kappa shape index (κ1) is 16.6. The van der Waals surface area contributed by atoms with E-state index in [2.05, 4.69) is 10.2 Å². The number of hydrogen-bond donors (Lipinski definition) is 1. The Bertz CT molecular complexity index is 693. The molecule has 6 nitrogen and oxygen atoms in total. The predicted octanol–water partition coefficient (Wildman–Crippen LogP) is 2.02. The molecule has 0 amide bonds. The van der Waals surface area contributed by atoms with Gasteiger partial charge in [-0.15, -0.1) is 5.10 Å². The van der Waals surface area contributed by atoms with Crippen LogP contribution in [0.3, 0.4) is 0 Å². The van der Waals surface area contributed by atoms with Gasteiger partial charge in [-0.25, -0.2) is 8.42 Å². The highest BCUT2D eigenvalue weighted by Gasteiger charge is 2.22. The molecule has 2 N–H and O–H groups in total. The van der Waals surface area contributed by atoms with Crippen molar-refractivity contribution in [2.24, 2.45) is 5.73 Å². The summed E-state index contributed by atoms with van der Waals surface area (Å²) < 4.78 is 29.8. The van der Waals surface area contributed by atoms with Gasteiger partial charge in [0.05, 0.1) is 5.75 Å². The molecule has 0 radical (unpaired) electrons. The molecule has 0 saturated heterocycles. The third-order valence-corrected chi connectivity index (χ3v) is 4.70. The Kier molecular flexibility index (Phi) is 5.68. The van der Waals surface area contributed by atoms with E-state index in [-0.39, 0.29) is 11.0 Å². The van der Waals surface area contributed by atoms with Crippen LogP contribution in [0.15, 0.2) is 33.9 Å². The van der Waals surface area contributed by atoms with Crippen molar-refractivity contribution in [3.8, 4) is 0 Å². The lowest BCUT2D eigenvalue weighted by Gasteiger charge is -2.01. The molecule has 0 aliphatic rings. The third kappa shape index (κ3) is 4.64. The second-order valence-electron chi connectivity index (χ2n) is 5.31. The molecular weight excluding hydrogens is 302 g/mol. The van der Waals surface area contributed by atoms with Crippen molar-refractivity contribution in [3.05, 3.63) is 41.3 Å². The average molecular weight is 323 g/mol. The maximum Gasteiger partial charge on any atom is 0.335 e. The van der Waals surface area contributed by atoms with Gasteiger partial charge in [0, 0.05) is 6.42 Å². The molecule has 0 fully saturated rings. The van der Waals surface area contributed by atoms with Crippen LogP contribution in [0, 0.1) is 6.92 Å². The molecule has 0 aliphatic carbocycles. The highest BCUT2D eigenvalue weighted by Crippen LogP contribution is 2.16. The summed E-state index contributed by atoms with van der Waals surface area (Å²) in [6.45, 7) is 2.60. The molecule has 0 bridgehead atoms. The number of unbranched alkanes of at least 4 members (excludes halogenated alkanes) is 2. The van der Waals surface area contributed by atoms with E-state index in [0.717, 1.165) is 24.8 Å². The van der Waals surface area contributed by atoms with Crippen molar-refractivity contribution < 1.29 is 12.8 Å². The number of nitrogens with two attached hydrogens (primary N) is 1. The summed E-state index contributed by atoms with van der Waals surface area (Å²) >= 11 is 0. The second-order valence-corrected chi connectivity index (χ2v) is 7.17. The van der Waals surface area contributed by atoms with Crippen LogP contribution in [0.2, 0.25) is 0 Å². The van der Waals surface area contributed by atoms with E-state index >= 15 is 0 Å². The number of aromatic nitrogens is 2. The minimum atomic E-state index is -3.60. The molecule has 0 spiro atoms. The molecule has 0 saturated carbocycles. The largest absolute Gasteiger partial charge is 0.413 e. The van der Waals surface area contributed by atoms with E-state index in [1.165, 1.54) is 0 Å². The maximum absolute atomic E-state index is 12.3. The van der Waals surface area contributed by atoms with Gasteiger partial charge in [0.1, 0.15) is 0 Å². The van der Waals surface area contributed by atoms with Crippen LogP contribution in [0.25, 0.3) is 0 Å². The normalized spacial score (nSPS) is 11.7. The van der Waals surface area contributed by atoms with Crippen LogP contribution >= 0.6 is 0 Å². The van der Waals surface area contributed by atoms with Gasteiger partial charge in [-0.3, -0.25) is 0 Å². The minimum absolute atomic E-state index is 0.137. The summed E-state index contributed by atoms with van der Waals surface area (Å²) in [7, 11) is -3.60. The zero-order chi connectivity index (χ0) is 16.0. The maximum atomic E-state index is 12.3. The fourth-order valence-corrected chi connectivity index (χ4v) is 3.17. The molecule has 1 aromatic carbocycles. The van der Waals surface area contributed by atoms with Gasteiger partial charge in [-0.1, -0.05) is 41.3 Å². The molecule has 0 aliphatic heterocycles. The van der Waals surface area contributed by atoms with Crippen molar-refractivity contribution in [1.82, 2.24) is 10.2 Å². The van der Waals surface area contributed by atoms with E-state index in [9.17, 15) is 8.42 Å². The Labute approximate surface area is 130 Å². The Balaban J connectivity index is 2.00. The lowest BCUT2D eigenvalue weighted by atomic mass is 10.2. The summed E-state index contributed by atoms with van der Waals surface area (Å²) in [5.41, 5.74) is 7.21. The van der Waals surface area contributed by atoms with Gasteiger partial charge in [-0.05, 0) is 31.9 Å². The topological polar surface area (TPSA) is 99.1 Å². The molecule has 7 heteroatoms. The van der Waals surface area contributed by atoms with E-state index < -0.39 is 9.84 Å². The van der Waals surface area contributed by atoms with Crippen molar-refractivity contribution >= 4 is 9.84 Å². The van der Waals surface area contributed by atoms with Crippen molar-refractivity contribution in [3.63, 3.8) is 0 Å². The summed E-state index contributed by atoms with van der Waals surface area (Å²) in [6.07, 6.45) is 3.33. The van der Waals surface area contributed by atoms with E-state index in [1.54, 1.807) is 12.1 Å². The van der Waals surface area contributed by atoms with Crippen LogP contribution in [0.4, 0.5) is 0 Å². The predicted molar refractivity (Wildman–Crippen MR) is 83.0 cm³/mol. The van der Waals surface area contributed by atoms with E-state index in [4.69, 9.17) is 10.2 Å². The van der Waals surface area contributed by atoms with Crippen LogP contribution in [-0.2, 0) is 22.0 Å². The summed E-state index contributed by atoms with van der Waals surface area (Å²) in [4.78, 5) is 0. The molecule has 0 atom stereocenters. The molecule has 0 unspecified atom stereocenters. The van der Waals surface area contributed by atoms with Gasteiger partial charge in [0.2, 0.25) is 15.7 Å². The Morgan fingerprint density at radius 3 is 2.50 bits per heavy atom. The molecule has 120 valence electrons. The first-order chi connectivity index (χ1) is 10.5.